The van der Waals surface area contributed by atoms with Crippen molar-refractivity contribution in [2.75, 3.05) is 18.6 Å². The standard InChI is InChI=1S/C14H18O4S/c1-9(14(15)16)6-10-4-3-5-12(17-2)13(10)18-11-7-19-8-11/h3-5,9,11H,6-8H2,1-2H3,(H,15,16). The molecule has 1 aliphatic rings. The number of rotatable bonds is 6. The van der Waals surface area contributed by atoms with E-state index in [4.69, 9.17) is 14.6 Å². The zero-order chi connectivity index (χ0) is 13.8. The molecule has 1 atom stereocenters. The monoisotopic (exact) mass is 282 g/mol. The Morgan fingerprint density at radius 3 is 2.79 bits per heavy atom. The zero-order valence-electron chi connectivity index (χ0n) is 11.1. The van der Waals surface area contributed by atoms with Crippen LogP contribution in [0.3, 0.4) is 0 Å². The van der Waals surface area contributed by atoms with Gasteiger partial charge in [0.2, 0.25) is 0 Å². The third-order valence-corrected chi connectivity index (χ3v) is 4.34. The Morgan fingerprint density at radius 1 is 1.53 bits per heavy atom. The summed E-state index contributed by atoms with van der Waals surface area (Å²) in [5.74, 6) is 2.09. The van der Waals surface area contributed by atoms with Crippen LogP contribution in [0.4, 0.5) is 0 Å². The van der Waals surface area contributed by atoms with Gasteiger partial charge in [-0.1, -0.05) is 19.1 Å². The van der Waals surface area contributed by atoms with E-state index in [0.29, 0.717) is 17.9 Å². The van der Waals surface area contributed by atoms with Gasteiger partial charge in [0.1, 0.15) is 6.10 Å². The van der Waals surface area contributed by atoms with Crippen molar-refractivity contribution >= 4 is 17.7 Å². The van der Waals surface area contributed by atoms with Crippen LogP contribution in [-0.4, -0.2) is 35.8 Å². The Morgan fingerprint density at radius 2 is 2.26 bits per heavy atom. The molecule has 5 heteroatoms. The van der Waals surface area contributed by atoms with Crippen LogP contribution >= 0.6 is 11.8 Å². The average molecular weight is 282 g/mol. The molecule has 0 saturated carbocycles. The number of methoxy groups -OCH3 is 1. The van der Waals surface area contributed by atoms with Crippen LogP contribution in [0, 0.1) is 5.92 Å². The summed E-state index contributed by atoms with van der Waals surface area (Å²) in [6, 6.07) is 5.62. The number of benzene rings is 1. The maximum atomic E-state index is 11.0. The lowest BCUT2D eigenvalue weighted by atomic mass is 10.00. The number of hydrogen-bond donors (Lipinski definition) is 1. The molecular weight excluding hydrogens is 264 g/mol. The van der Waals surface area contributed by atoms with Crippen LogP contribution in [0.1, 0.15) is 12.5 Å². The molecule has 104 valence electrons. The largest absolute Gasteiger partial charge is 0.493 e. The van der Waals surface area contributed by atoms with Gasteiger partial charge >= 0.3 is 5.97 Å². The molecule has 1 aromatic rings. The molecular formula is C14H18O4S. The fourth-order valence-electron chi connectivity index (χ4n) is 1.88. The SMILES string of the molecule is COc1cccc(CC(C)C(=O)O)c1OC1CSC1. The van der Waals surface area contributed by atoms with E-state index in [2.05, 4.69) is 0 Å². The van der Waals surface area contributed by atoms with Gasteiger partial charge in [-0.05, 0) is 18.1 Å². The number of ether oxygens (including phenoxy) is 2. The first-order valence-electron chi connectivity index (χ1n) is 6.25. The van der Waals surface area contributed by atoms with Crippen molar-refractivity contribution < 1.29 is 19.4 Å². The van der Waals surface area contributed by atoms with E-state index in [1.54, 1.807) is 14.0 Å². The summed E-state index contributed by atoms with van der Waals surface area (Å²) in [6.07, 6.45) is 0.655. The third-order valence-electron chi connectivity index (χ3n) is 3.12. The average Bonchev–Trinajstić information content (AvgIpc) is 2.34. The Kier molecular flexibility index (Phi) is 4.58. The lowest BCUT2D eigenvalue weighted by molar-refractivity contribution is -0.141. The van der Waals surface area contributed by atoms with Gasteiger partial charge in [-0.15, -0.1) is 0 Å². The Hall–Kier alpha value is -1.36. The summed E-state index contributed by atoms with van der Waals surface area (Å²) < 4.78 is 11.3. The van der Waals surface area contributed by atoms with Gasteiger partial charge in [-0.2, -0.15) is 11.8 Å². The molecule has 0 spiro atoms. The van der Waals surface area contributed by atoms with Crippen LogP contribution in [-0.2, 0) is 11.2 Å². The molecule has 1 saturated heterocycles. The number of hydrogen-bond acceptors (Lipinski definition) is 4. The van der Waals surface area contributed by atoms with Crippen molar-refractivity contribution in [1.82, 2.24) is 0 Å². The fraction of sp³-hybridized carbons (Fsp3) is 0.500. The van der Waals surface area contributed by atoms with E-state index in [1.165, 1.54) is 0 Å². The molecule has 19 heavy (non-hydrogen) atoms. The molecule has 1 aliphatic heterocycles. The molecule has 0 radical (unpaired) electrons. The second-order valence-corrected chi connectivity index (χ2v) is 5.74. The van der Waals surface area contributed by atoms with Crippen molar-refractivity contribution in [1.29, 1.82) is 0 Å². The topological polar surface area (TPSA) is 55.8 Å². The van der Waals surface area contributed by atoms with Crippen molar-refractivity contribution in [3.05, 3.63) is 23.8 Å². The molecule has 0 amide bonds. The van der Waals surface area contributed by atoms with Crippen molar-refractivity contribution in [2.45, 2.75) is 19.4 Å². The number of carbonyl (C=O) groups is 1. The molecule has 1 N–H and O–H groups in total. The summed E-state index contributed by atoms with van der Waals surface area (Å²) >= 11 is 1.84. The van der Waals surface area contributed by atoms with Crippen LogP contribution in [0.2, 0.25) is 0 Å². The van der Waals surface area contributed by atoms with Gasteiger partial charge in [-0.25, -0.2) is 0 Å². The maximum Gasteiger partial charge on any atom is 0.306 e. The van der Waals surface area contributed by atoms with Gasteiger partial charge in [0.05, 0.1) is 13.0 Å². The highest BCUT2D eigenvalue weighted by atomic mass is 32.2. The second-order valence-electron chi connectivity index (χ2n) is 4.67. The fourth-order valence-corrected chi connectivity index (χ4v) is 2.45. The highest BCUT2D eigenvalue weighted by Crippen LogP contribution is 2.35. The number of aliphatic carboxylic acids is 1. The van der Waals surface area contributed by atoms with Crippen LogP contribution < -0.4 is 9.47 Å². The molecule has 0 aromatic heterocycles. The summed E-state index contributed by atoms with van der Waals surface area (Å²) in [6.45, 7) is 1.70. The number of carboxylic acid groups (broad SMARTS) is 1. The minimum Gasteiger partial charge on any atom is -0.493 e. The molecule has 1 heterocycles. The first-order chi connectivity index (χ1) is 9.11. The van der Waals surface area contributed by atoms with Crippen molar-refractivity contribution in [3.8, 4) is 11.5 Å². The van der Waals surface area contributed by atoms with E-state index < -0.39 is 11.9 Å². The lowest BCUT2D eigenvalue weighted by Gasteiger charge is -2.28. The molecule has 0 bridgehead atoms. The Labute approximate surface area is 117 Å². The number of thioether (sulfide) groups is 1. The van der Waals surface area contributed by atoms with Gasteiger partial charge in [0.25, 0.3) is 0 Å². The molecule has 2 rings (SSSR count). The predicted octanol–water partition coefficient (Wildman–Crippen LogP) is 2.45. The van der Waals surface area contributed by atoms with Crippen LogP contribution in [0.15, 0.2) is 18.2 Å². The Balaban J connectivity index is 2.22. The summed E-state index contributed by atoms with van der Waals surface area (Å²) in [7, 11) is 1.60. The van der Waals surface area contributed by atoms with E-state index >= 15 is 0 Å². The van der Waals surface area contributed by atoms with E-state index in [9.17, 15) is 4.79 Å². The van der Waals surface area contributed by atoms with Gasteiger partial charge < -0.3 is 14.6 Å². The highest BCUT2D eigenvalue weighted by Gasteiger charge is 2.24. The molecule has 4 nitrogen and oxygen atoms in total. The maximum absolute atomic E-state index is 11.0. The highest BCUT2D eigenvalue weighted by molar-refractivity contribution is 8.00. The first-order valence-corrected chi connectivity index (χ1v) is 7.40. The smallest absolute Gasteiger partial charge is 0.306 e. The molecule has 1 aromatic carbocycles. The summed E-state index contributed by atoms with van der Waals surface area (Å²) in [5, 5.41) is 9.02. The second kappa shape index (κ2) is 6.19. The van der Waals surface area contributed by atoms with Crippen LogP contribution in [0.5, 0.6) is 11.5 Å². The predicted molar refractivity (Wildman–Crippen MR) is 75.2 cm³/mol. The minimum absolute atomic E-state index is 0.209. The quantitative estimate of drug-likeness (QED) is 0.868. The van der Waals surface area contributed by atoms with E-state index in [0.717, 1.165) is 17.1 Å². The summed E-state index contributed by atoms with van der Waals surface area (Å²) in [4.78, 5) is 11.0. The molecule has 0 aliphatic carbocycles. The minimum atomic E-state index is -0.798. The first kappa shape index (κ1) is 14.1. The van der Waals surface area contributed by atoms with Gasteiger partial charge in [0, 0.05) is 11.5 Å². The van der Waals surface area contributed by atoms with E-state index in [1.807, 2.05) is 30.0 Å². The number of carboxylic acids is 1. The lowest BCUT2D eigenvalue weighted by Crippen LogP contribution is -2.31. The van der Waals surface area contributed by atoms with Crippen molar-refractivity contribution in [3.63, 3.8) is 0 Å². The zero-order valence-corrected chi connectivity index (χ0v) is 11.9. The Bertz CT molecular complexity index is 457. The molecule has 1 unspecified atom stereocenters. The summed E-state index contributed by atoms with van der Waals surface area (Å²) in [5.41, 5.74) is 0.895. The van der Waals surface area contributed by atoms with Crippen molar-refractivity contribution in [2.24, 2.45) is 5.92 Å². The van der Waals surface area contributed by atoms with Crippen LogP contribution in [0.25, 0.3) is 0 Å². The third kappa shape index (κ3) is 3.35. The molecule has 1 fully saturated rings. The van der Waals surface area contributed by atoms with Gasteiger partial charge in [0.15, 0.2) is 11.5 Å². The number of para-hydroxylation sites is 1. The van der Waals surface area contributed by atoms with E-state index in [-0.39, 0.29) is 6.10 Å². The normalized spacial score (nSPS) is 16.5. The van der Waals surface area contributed by atoms with Gasteiger partial charge in [-0.3, -0.25) is 4.79 Å².